The summed E-state index contributed by atoms with van der Waals surface area (Å²) in [5.41, 5.74) is 1.88. The van der Waals surface area contributed by atoms with Gasteiger partial charge in [-0.2, -0.15) is 0 Å². The van der Waals surface area contributed by atoms with Crippen molar-refractivity contribution in [2.75, 3.05) is 7.11 Å². The van der Waals surface area contributed by atoms with Crippen molar-refractivity contribution in [3.8, 4) is 5.75 Å². The lowest BCUT2D eigenvalue weighted by Crippen LogP contribution is -1.96. The monoisotopic (exact) mass is 347 g/mol. The van der Waals surface area contributed by atoms with E-state index >= 15 is 0 Å². The highest BCUT2D eigenvalue weighted by atomic mass is 79.9. The Hall–Kier alpha value is -2.14. The topological polar surface area (TPSA) is 48.4 Å². The molecule has 108 valence electrons. The number of methoxy groups -OCH3 is 1. The molecule has 0 spiro atoms. The number of esters is 1. The Balaban J connectivity index is 2.02. The largest absolute Gasteiger partial charge is 0.488 e. The zero-order valence-corrected chi connectivity index (χ0v) is 13.0. The van der Waals surface area contributed by atoms with Gasteiger partial charge in [-0.15, -0.1) is 0 Å². The standard InChI is InChI=1S/C16H14BrNO3/c1-20-16(19)7-5-12-4-6-15(14(17)9-12)21-11-13-3-2-8-18-10-13/h2-10H,11H2,1H3/b7-5+. The molecule has 0 amide bonds. The number of rotatable bonds is 5. The average Bonchev–Trinajstić information content (AvgIpc) is 2.52. The minimum atomic E-state index is -0.386. The predicted octanol–water partition coefficient (Wildman–Crippen LogP) is 3.61. The normalized spacial score (nSPS) is 10.6. The van der Waals surface area contributed by atoms with Crippen LogP contribution in [-0.4, -0.2) is 18.1 Å². The molecule has 2 rings (SSSR count). The summed E-state index contributed by atoms with van der Waals surface area (Å²) in [5.74, 6) is 0.345. The average molecular weight is 348 g/mol. The van der Waals surface area contributed by atoms with Crippen molar-refractivity contribution in [1.29, 1.82) is 0 Å². The maximum absolute atomic E-state index is 11.0. The van der Waals surface area contributed by atoms with E-state index in [-0.39, 0.29) is 5.97 Å². The number of carbonyl (C=O) groups excluding carboxylic acids is 1. The molecule has 0 saturated carbocycles. The van der Waals surface area contributed by atoms with Gasteiger partial charge in [-0.05, 0) is 45.8 Å². The lowest BCUT2D eigenvalue weighted by atomic mass is 10.2. The first-order valence-electron chi connectivity index (χ1n) is 6.26. The zero-order valence-electron chi connectivity index (χ0n) is 11.5. The summed E-state index contributed by atoms with van der Waals surface area (Å²) in [6, 6.07) is 9.40. The summed E-state index contributed by atoms with van der Waals surface area (Å²) in [6.45, 7) is 0.448. The van der Waals surface area contributed by atoms with E-state index in [0.29, 0.717) is 6.61 Å². The van der Waals surface area contributed by atoms with Gasteiger partial charge in [-0.3, -0.25) is 4.98 Å². The zero-order chi connectivity index (χ0) is 15.1. The molecule has 0 saturated heterocycles. The molecule has 4 nitrogen and oxygen atoms in total. The molecule has 0 aliphatic rings. The fourth-order valence-corrected chi connectivity index (χ4v) is 2.13. The van der Waals surface area contributed by atoms with Crippen LogP contribution in [0.15, 0.2) is 53.3 Å². The highest BCUT2D eigenvalue weighted by Gasteiger charge is 2.03. The first-order chi connectivity index (χ1) is 10.2. The van der Waals surface area contributed by atoms with Crippen LogP contribution in [0.5, 0.6) is 5.75 Å². The Morgan fingerprint density at radius 1 is 1.38 bits per heavy atom. The van der Waals surface area contributed by atoms with E-state index in [1.54, 1.807) is 18.5 Å². The quantitative estimate of drug-likeness (QED) is 0.612. The maximum Gasteiger partial charge on any atom is 0.330 e. The Kier molecular flexibility index (Phi) is 5.51. The predicted molar refractivity (Wildman–Crippen MR) is 83.8 cm³/mol. The van der Waals surface area contributed by atoms with Crippen LogP contribution in [0.2, 0.25) is 0 Å². The molecule has 0 atom stereocenters. The van der Waals surface area contributed by atoms with Crippen LogP contribution in [0.3, 0.4) is 0 Å². The molecule has 21 heavy (non-hydrogen) atoms. The summed E-state index contributed by atoms with van der Waals surface area (Å²) in [6.07, 6.45) is 6.54. The summed E-state index contributed by atoms with van der Waals surface area (Å²) in [7, 11) is 1.35. The highest BCUT2D eigenvalue weighted by molar-refractivity contribution is 9.10. The molecule has 2 aromatic rings. The first-order valence-corrected chi connectivity index (χ1v) is 7.05. The first kappa shape index (κ1) is 15.3. The number of hydrogen-bond donors (Lipinski definition) is 0. The molecule has 0 aliphatic carbocycles. The van der Waals surface area contributed by atoms with E-state index in [2.05, 4.69) is 25.7 Å². The van der Waals surface area contributed by atoms with Gasteiger partial charge in [0.05, 0.1) is 11.6 Å². The van der Waals surface area contributed by atoms with Crippen molar-refractivity contribution in [2.45, 2.75) is 6.61 Å². The molecule has 1 aromatic carbocycles. The second-order valence-corrected chi connectivity index (χ2v) is 5.05. The van der Waals surface area contributed by atoms with Crippen LogP contribution in [0, 0.1) is 0 Å². The molecular formula is C16H14BrNO3. The Labute approximate surface area is 131 Å². The number of halogens is 1. The van der Waals surface area contributed by atoms with Gasteiger partial charge in [0.1, 0.15) is 12.4 Å². The number of pyridine rings is 1. The molecule has 0 radical (unpaired) electrons. The van der Waals surface area contributed by atoms with Crippen molar-refractivity contribution >= 4 is 28.0 Å². The lowest BCUT2D eigenvalue weighted by molar-refractivity contribution is -0.134. The van der Waals surface area contributed by atoms with E-state index in [0.717, 1.165) is 21.3 Å². The molecule has 5 heteroatoms. The van der Waals surface area contributed by atoms with Crippen LogP contribution < -0.4 is 4.74 Å². The van der Waals surface area contributed by atoms with Crippen molar-refractivity contribution in [3.63, 3.8) is 0 Å². The fraction of sp³-hybridized carbons (Fsp3) is 0.125. The van der Waals surface area contributed by atoms with Crippen LogP contribution in [0.25, 0.3) is 6.08 Å². The van der Waals surface area contributed by atoms with Crippen molar-refractivity contribution in [2.24, 2.45) is 0 Å². The van der Waals surface area contributed by atoms with Gasteiger partial charge in [0.2, 0.25) is 0 Å². The van der Waals surface area contributed by atoms with Crippen molar-refractivity contribution in [3.05, 3.63) is 64.4 Å². The third kappa shape index (κ3) is 4.72. The second-order valence-electron chi connectivity index (χ2n) is 4.20. The van der Waals surface area contributed by atoms with Gasteiger partial charge in [-0.25, -0.2) is 4.79 Å². The summed E-state index contributed by atoms with van der Waals surface area (Å²) < 4.78 is 11.1. The van der Waals surface area contributed by atoms with Gasteiger partial charge < -0.3 is 9.47 Å². The Morgan fingerprint density at radius 3 is 2.90 bits per heavy atom. The SMILES string of the molecule is COC(=O)/C=C/c1ccc(OCc2cccnc2)c(Br)c1. The minimum absolute atomic E-state index is 0.386. The maximum atomic E-state index is 11.0. The third-order valence-corrected chi connectivity index (χ3v) is 3.31. The van der Waals surface area contributed by atoms with Crippen molar-refractivity contribution < 1.29 is 14.3 Å². The van der Waals surface area contributed by atoms with Crippen LogP contribution in [0.1, 0.15) is 11.1 Å². The van der Waals surface area contributed by atoms with Crippen LogP contribution >= 0.6 is 15.9 Å². The molecule has 0 unspecified atom stereocenters. The van der Waals surface area contributed by atoms with E-state index < -0.39 is 0 Å². The van der Waals surface area contributed by atoms with Gasteiger partial charge in [0.25, 0.3) is 0 Å². The number of carbonyl (C=O) groups is 1. The number of aromatic nitrogens is 1. The van der Waals surface area contributed by atoms with E-state index in [1.807, 2.05) is 30.3 Å². The van der Waals surface area contributed by atoms with Gasteiger partial charge in [-0.1, -0.05) is 12.1 Å². The van der Waals surface area contributed by atoms with E-state index in [1.165, 1.54) is 13.2 Å². The smallest absolute Gasteiger partial charge is 0.330 e. The summed E-state index contributed by atoms with van der Waals surface area (Å²) in [4.78, 5) is 15.1. The van der Waals surface area contributed by atoms with Crippen molar-refractivity contribution in [1.82, 2.24) is 4.98 Å². The van der Waals surface area contributed by atoms with Gasteiger partial charge in [0, 0.05) is 24.0 Å². The van der Waals surface area contributed by atoms with E-state index in [9.17, 15) is 4.79 Å². The molecular weight excluding hydrogens is 334 g/mol. The molecule has 0 fully saturated rings. The molecule has 0 bridgehead atoms. The lowest BCUT2D eigenvalue weighted by Gasteiger charge is -2.08. The second kappa shape index (κ2) is 7.59. The van der Waals surface area contributed by atoms with E-state index in [4.69, 9.17) is 4.74 Å². The summed E-state index contributed by atoms with van der Waals surface area (Å²) >= 11 is 3.45. The number of nitrogens with zero attached hydrogens (tertiary/aromatic N) is 1. The van der Waals surface area contributed by atoms with Crippen LogP contribution in [-0.2, 0) is 16.1 Å². The molecule has 0 N–H and O–H groups in total. The van der Waals surface area contributed by atoms with Crippen LogP contribution in [0.4, 0.5) is 0 Å². The number of hydrogen-bond acceptors (Lipinski definition) is 4. The third-order valence-electron chi connectivity index (χ3n) is 2.69. The number of ether oxygens (including phenoxy) is 2. The molecule has 1 aromatic heterocycles. The van der Waals surface area contributed by atoms with Gasteiger partial charge >= 0.3 is 5.97 Å². The summed E-state index contributed by atoms with van der Waals surface area (Å²) in [5, 5.41) is 0. The molecule has 0 aliphatic heterocycles. The van der Waals surface area contributed by atoms with Gasteiger partial charge in [0.15, 0.2) is 0 Å². The minimum Gasteiger partial charge on any atom is -0.488 e. The highest BCUT2D eigenvalue weighted by Crippen LogP contribution is 2.27. The Morgan fingerprint density at radius 2 is 2.24 bits per heavy atom. The fourth-order valence-electron chi connectivity index (χ4n) is 1.61. The Bertz CT molecular complexity index is 641. The molecule has 1 heterocycles. The number of benzene rings is 1.